The molecule has 5 heteroatoms. The molecule has 21 heavy (non-hydrogen) atoms. The Morgan fingerprint density at radius 3 is 2.95 bits per heavy atom. The molecule has 0 aromatic carbocycles. The van der Waals surface area contributed by atoms with E-state index in [4.69, 9.17) is 0 Å². The first-order valence-electron chi connectivity index (χ1n) is 7.51. The maximum atomic E-state index is 4.45. The van der Waals surface area contributed by atoms with Crippen molar-refractivity contribution in [1.29, 1.82) is 0 Å². The highest BCUT2D eigenvalue weighted by atomic mass is 15.2. The number of rotatable bonds is 4. The predicted octanol–water partition coefficient (Wildman–Crippen LogP) is 2.51. The first-order chi connectivity index (χ1) is 10.3. The van der Waals surface area contributed by atoms with Crippen molar-refractivity contribution in [3.05, 3.63) is 42.2 Å². The van der Waals surface area contributed by atoms with E-state index in [0.29, 0.717) is 5.92 Å². The molecular weight excluding hydrogens is 262 g/mol. The van der Waals surface area contributed by atoms with Crippen LogP contribution in [0.3, 0.4) is 0 Å². The zero-order chi connectivity index (χ0) is 14.5. The van der Waals surface area contributed by atoms with Crippen molar-refractivity contribution in [2.75, 3.05) is 29.9 Å². The van der Waals surface area contributed by atoms with Crippen LogP contribution >= 0.6 is 0 Å². The van der Waals surface area contributed by atoms with Crippen molar-refractivity contribution in [1.82, 2.24) is 15.2 Å². The number of nitrogens with zero attached hydrogens (tertiary/aromatic N) is 4. The van der Waals surface area contributed by atoms with E-state index in [-0.39, 0.29) is 0 Å². The fourth-order valence-electron chi connectivity index (χ4n) is 2.72. The molecule has 1 fully saturated rings. The Hall–Kier alpha value is -2.17. The van der Waals surface area contributed by atoms with Gasteiger partial charge in [-0.15, -0.1) is 5.10 Å². The van der Waals surface area contributed by atoms with E-state index in [1.54, 1.807) is 0 Å². The van der Waals surface area contributed by atoms with Crippen molar-refractivity contribution >= 4 is 11.6 Å². The summed E-state index contributed by atoms with van der Waals surface area (Å²) in [7, 11) is 0. The van der Waals surface area contributed by atoms with Gasteiger partial charge >= 0.3 is 0 Å². The Balaban J connectivity index is 1.55. The van der Waals surface area contributed by atoms with Gasteiger partial charge in [-0.05, 0) is 49.9 Å². The van der Waals surface area contributed by atoms with E-state index in [2.05, 4.69) is 31.5 Å². The fourth-order valence-corrected chi connectivity index (χ4v) is 2.72. The van der Waals surface area contributed by atoms with Crippen molar-refractivity contribution in [2.24, 2.45) is 5.92 Å². The SMILES string of the molecule is Cc1ccc(NC[C@H]2CCCN(c3ccccn3)C2)nn1. The Kier molecular flexibility index (Phi) is 4.28. The van der Waals surface area contributed by atoms with Crippen LogP contribution in [0.25, 0.3) is 0 Å². The van der Waals surface area contributed by atoms with Gasteiger partial charge in [-0.25, -0.2) is 4.98 Å². The largest absolute Gasteiger partial charge is 0.368 e. The molecule has 0 bridgehead atoms. The summed E-state index contributed by atoms with van der Waals surface area (Å²) in [6.07, 6.45) is 4.32. The summed E-state index contributed by atoms with van der Waals surface area (Å²) in [6.45, 7) is 5.02. The van der Waals surface area contributed by atoms with E-state index in [1.165, 1.54) is 12.8 Å². The normalized spacial score (nSPS) is 18.5. The Morgan fingerprint density at radius 1 is 1.24 bits per heavy atom. The molecule has 0 radical (unpaired) electrons. The lowest BCUT2D eigenvalue weighted by molar-refractivity contribution is 0.430. The second-order valence-corrected chi connectivity index (χ2v) is 5.58. The first-order valence-corrected chi connectivity index (χ1v) is 7.51. The summed E-state index contributed by atoms with van der Waals surface area (Å²) < 4.78 is 0. The van der Waals surface area contributed by atoms with Crippen LogP contribution in [-0.4, -0.2) is 34.8 Å². The number of anilines is 2. The summed E-state index contributed by atoms with van der Waals surface area (Å²) >= 11 is 0. The first kappa shape index (κ1) is 13.8. The minimum absolute atomic E-state index is 0.615. The molecule has 1 N–H and O–H groups in total. The molecule has 2 aromatic rings. The van der Waals surface area contributed by atoms with Gasteiger partial charge < -0.3 is 10.2 Å². The van der Waals surface area contributed by atoms with Crippen LogP contribution in [-0.2, 0) is 0 Å². The number of piperidine rings is 1. The van der Waals surface area contributed by atoms with Crippen LogP contribution in [0.5, 0.6) is 0 Å². The van der Waals surface area contributed by atoms with E-state index < -0.39 is 0 Å². The van der Waals surface area contributed by atoms with Crippen molar-refractivity contribution in [3.8, 4) is 0 Å². The molecule has 0 amide bonds. The third kappa shape index (κ3) is 3.68. The summed E-state index contributed by atoms with van der Waals surface area (Å²) in [5.74, 6) is 2.55. The molecule has 0 unspecified atom stereocenters. The van der Waals surface area contributed by atoms with Gasteiger partial charge in [-0.2, -0.15) is 5.10 Å². The number of aryl methyl sites for hydroxylation is 1. The molecule has 1 aliphatic heterocycles. The monoisotopic (exact) mass is 283 g/mol. The molecule has 1 atom stereocenters. The maximum absolute atomic E-state index is 4.45. The van der Waals surface area contributed by atoms with Crippen LogP contribution in [0.1, 0.15) is 18.5 Å². The van der Waals surface area contributed by atoms with Gasteiger partial charge in [0.05, 0.1) is 5.69 Å². The molecule has 1 saturated heterocycles. The average Bonchev–Trinajstić information content (AvgIpc) is 2.55. The zero-order valence-electron chi connectivity index (χ0n) is 12.4. The van der Waals surface area contributed by atoms with E-state index in [9.17, 15) is 0 Å². The predicted molar refractivity (Wildman–Crippen MR) is 84.4 cm³/mol. The summed E-state index contributed by atoms with van der Waals surface area (Å²) in [6, 6.07) is 10.1. The summed E-state index contributed by atoms with van der Waals surface area (Å²) in [5.41, 5.74) is 0.944. The number of hydrogen-bond acceptors (Lipinski definition) is 5. The van der Waals surface area contributed by atoms with Crippen LogP contribution in [0.2, 0.25) is 0 Å². The molecule has 1 aliphatic rings. The lowest BCUT2D eigenvalue weighted by atomic mass is 9.98. The van der Waals surface area contributed by atoms with E-state index in [1.807, 2.05) is 37.4 Å². The number of aromatic nitrogens is 3. The zero-order valence-corrected chi connectivity index (χ0v) is 12.4. The van der Waals surface area contributed by atoms with Gasteiger partial charge in [0.1, 0.15) is 11.6 Å². The minimum Gasteiger partial charge on any atom is -0.368 e. The highest BCUT2D eigenvalue weighted by Gasteiger charge is 2.20. The molecule has 3 heterocycles. The third-order valence-corrected chi connectivity index (χ3v) is 3.86. The molecule has 110 valence electrons. The highest BCUT2D eigenvalue weighted by molar-refractivity contribution is 5.38. The van der Waals surface area contributed by atoms with Crippen molar-refractivity contribution in [3.63, 3.8) is 0 Å². The highest BCUT2D eigenvalue weighted by Crippen LogP contribution is 2.21. The Bertz CT molecular complexity index is 555. The smallest absolute Gasteiger partial charge is 0.148 e. The summed E-state index contributed by atoms with van der Waals surface area (Å²) in [5, 5.41) is 11.6. The van der Waals surface area contributed by atoms with Crippen molar-refractivity contribution in [2.45, 2.75) is 19.8 Å². The van der Waals surface area contributed by atoms with E-state index in [0.717, 1.165) is 37.0 Å². The van der Waals surface area contributed by atoms with Gasteiger partial charge in [-0.1, -0.05) is 6.07 Å². The molecule has 5 nitrogen and oxygen atoms in total. The second-order valence-electron chi connectivity index (χ2n) is 5.58. The van der Waals surface area contributed by atoms with Crippen LogP contribution in [0, 0.1) is 12.8 Å². The molecule has 0 aliphatic carbocycles. The van der Waals surface area contributed by atoms with Crippen LogP contribution in [0.15, 0.2) is 36.5 Å². The Labute approximate surface area is 125 Å². The number of pyridine rings is 1. The molecule has 0 saturated carbocycles. The maximum Gasteiger partial charge on any atom is 0.148 e. The lowest BCUT2D eigenvalue weighted by Gasteiger charge is -2.33. The fraction of sp³-hybridized carbons (Fsp3) is 0.438. The molecular formula is C16H21N5. The van der Waals surface area contributed by atoms with Gasteiger partial charge in [0.15, 0.2) is 0 Å². The van der Waals surface area contributed by atoms with Crippen LogP contribution < -0.4 is 10.2 Å². The Morgan fingerprint density at radius 2 is 2.19 bits per heavy atom. The molecule has 0 spiro atoms. The van der Waals surface area contributed by atoms with Gasteiger partial charge in [-0.3, -0.25) is 0 Å². The van der Waals surface area contributed by atoms with Crippen LogP contribution in [0.4, 0.5) is 11.6 Å². The lowest BCUT2D eigenvalue weighted by Crippen LogP contribution is -2.38. The van der Waals surface area contributed by atoms with Gasteiger partial charge in [0.25, 0.3) is 0 Å². The quantitative estimate of drug-likeness (QED) is 0.934. The average molecular weight is 283 g/mol. The van der Waals surface area contributed by atoms with Gasteiger partial charge in [0, 0.05) is 25.8 Å². The second kappa shape index (κ2) is 6.52. The van der Waals surface area contributed by atoms with E-state index >= 15 is 0 Å². The third-order valence-electron chi connectivity index (χ3n) is 3.86. The molecule has 3 rings (SSSR count). The minimum atomic E-state index is 0.615. The van der Waals surface area contributed by atoms with Gasteiger partial charge in [0.2, 0.25) is 0 Å². The number of hydrogen-bond donors (Lipinski definition) is 1. The molecule has 2 aromatic heterocycles. The number of nitrogens with one attached hydrogen (secondary N) is 1. The summed E-state index contributed by atoms with van der Waals surface area (Å²) in [4.78, 5) is 6.82. The standard InChI is InChI=1S/C16H21N5/c1-13-7-8-15(20-19-13)18-11-14-5-4-10-21(12-14)16-6-2-3-9-17-16/h2-3,6-9,14H,4-5,10-12H2,1H3,(H,18,20)/t14-/m1/s1. The topological polar surface area (TPSA) is 53.9 Å². The van der Waals surface area contributed by atoms with Crippen molar-refractivity contribution < 1.29 is 0 Å².